The van der Waals surface area contributed by atoms with Crippen LogP contribution in [0, 0.1) is 5.92 Å². The molecule has 370 valence electrons. The number of piperidine rings is 1. The molecule has 13 nitrogen and oxygen atoms in total. The van der Waals surface area contributed by atoms with Gasteiger partial charge in [-0.2, -0.15) is 0 Å². The monoisotopic (exact) mass is 972 g/mol. The molecule has 2 aliphatic rings. The number of rotatable bonds is 17. The summed E-state index contributed by atoms with van der Waals surface area (Å²) in [5.41, 5.74) is 2.94. The van der Waals surface area contributed by atoms with Gasteiger partial charge in [0.05, 0.1) is 41.5 Å². The number of nitrogens with zero attached hydrogens (tertiary/aromatic N) is 1. The minimum atomic E-state index is -2.29. The SMILES string of the molecule is COc1cc(NC(=O)CCCc2cccc(C3(C(=O)OCC4CCN(C(=O)OC(C)(C)C)CC4)CCCCC3)c2)c(Cl)cc1CNC[C@@H](O[Si](C)(C)C(C)(C)C)c1ccc(O)c2[nH]c(=O)ccc12. The molecule has 0 unspecified atom stereocenters. The van der Waals surface area contributed by atoms with Gasteiger partial charge in [0.25, 0.3) is 0 Å². The van der Waals surface area contributed by atoms with Gasteiger partial charge in [-0.3, -0.25) is 14.4 Å². The van der Waals surface area contributed by atoms with Crippen LogP contribution in [-0.4, -0.2) is 80.2 Å². The zero-order valence-electron chi connectivity index (χ0n) is 41.6. The molecule has 1 saturated heterocycles. The van der Waals surface area contributed by atoms with Crippen molar-refractivity contribution in [3.8, 4) is 11.5 Å². The van der Waals surface area contributed by atoms with Crippen LogP contribution in [0.25, 0.3) is 10.9 Å². The van der Waals surface area contributed by atoms with E-state index in [2.05, 4.69) is 55.5 Å². The molecule has 1 aliphatic carbocycles. The normalized spacial score (nSPS) is 16.3. The Balaban J connectivity index is 1.04. The smallest absolute Gasteiger partial charge is 0.410 e. The van der Waals surface area contributed by atoms with E-state index in [9.17, 15) is 24.3 Å². The lowest BCUT2D eigenvalue weighted by molar-refractivity contribution is -0.154. The maximum atomic E-state index is 14.0. The number of fused-ring (bicyclic) bond motifs is 1. The minimum absolute atomic E-state index is 0.00969. The summed E-state index contributed by atoms with van der Waals surface area (Å²) in [5.74, 6) is 0.397. The highest BCUT2D eigenvalue weighted by Crippen LogP contribution is 2.43. The van der Waals surface area contributed by atoms with Crippen LogP contribution in [0.4, 0.5) is 10.5 Å². The van der Waals surface area contributed by atoms with Crippen LogP contribution in [0.1, 0.15) is 128 Å². The fraction of sp³-hybridized carbons (Fsp3) is 0.547. The number of carbonyl (C=O) groups is 3. The molecule has 3 aromatic carbocycles. The number of methoxy groups -OCH3 is 1. The number of carbonyl (C=O) groups excluding carboxylic acids is 3. The van der Waals surface area contributed by atoms with Crippen LogP contribution >= 0.6 is 11.6 Å². The lowest BCUT2D eigenvalue weighted by atomic mass is 9.69. The van der Waals surface area contributed by atoms with Gasteiger partial charge in [0.15, 0.2) is 8.32 Å². The van der Waals surface area contributed by atoms with Crippen molar-refractivity contribution in [2.75, 3.05) is 38.7 Å². The summed E-state index contributed by atoms with van der Waals surface area (Å²) in [7, 11) is -0.714. The summed E-state index contributed by atoms with van der Waals surface area (Å²) in [6.45, 7) is 18.8. The van der Waals surface area contributed by atoms with Crippen molar-refractivity contribution in [3.63, 3.8) is 0 Å². The zero-order valence-corrected chi connectivity index (χ0v) is 43.3. The summed E-state index contributed by atoms with van der Waals surface area (Å²) in [6.07, 6.45) is 6.79. The van der Waals surface area contributed by atoms with Gasteiger partial charge in [-0.25, -0.2) is 4.79 Å². The van der Waals surface area contributed by atoms with E-state index in [0.717, 1.165) is 67.2 Å². The average Bonchev–Trinajstić information content (AvgIpc) is 3.28. The topological polar surface area (TPSA) is 169 Å². The Morgan fingerprint density at radius 3 is 2.37 bits per heavy atom. The number of pyridine rings is 1. The highest BCUT2D eigenvalue weighted by molar-refractivity contribution is 6.74. The van der Waals surface area contributed by atoms with Gasteiger partial charge in [0.1, 0.15) is 17.1 Å². The summed E-state index contributed by atoms with van der Waals surface area (Å²) >= 11 is 6.81. The van der Waals surface area contributed by atoms with Gasteiger partial charge in [0, 0.05) is 55.7 Å². The molecule has 1 atom stereocenters. The number of phenolic OH excluding ortho intramolecular Hbond substituents is 1. The number of H-pyrrole nitrogens is 1. The molecule has 1 saturated carbocycles. The van der Waals surface area contributed by atoms with Crippen LogP contribution in [-0.2, 0) is 41.9 Å². The third kappa shape index (κ3) is 13.2. The van der Waals surface area contributed by atoms with Gasteiger partial charge in [-0.05, 0) is 118 Å². The molecule has 4 aromatic rings. The number of benzene rings is 3. The number of likely N-dealkylation sites (tertiary alicyclic amines) is 1. The zero-order chi connectivity index (χ0) is 49.4. The highest BCUT2D eigenvalue weighted by Gasteiger charge is 2.43. The molecule has 1 aliphatic heterocycles. The number of hydrogen-bond acceptors (Lipinski definition) is 10. The first-order valence-electron chi connectivity index (χ1n) is 24.2. The average molecular weight is 974 g/mol. The number of ether oxygens (including phenoxy) is 3. The molecule has 6 rings (SSSR count). The Morgan fingerprint density at radius 1 is 0.971 bits per heavy atom. The highest BCUT2D eigenvalue weighted by atomic mass is 35.5. The van der Waals surface area contributed by atoms with Crippen molar-refractivity contribution in [3.05, 3.63) is 98.3 Å². The number of aromatic nitrogens is 1. The Labute approximate surface area is 408 Å². The second kappa shape index (κ2) is 22.2. The number of anilines is 1. The number of esters is 1. The summed E-state index contributed by atoms with van der Waals surface area (Å²) < 4.78 is 24.4. The predicted molar refractivity (Wildman–Crippen MR) is 271 cm³/mol. The summed E-state index contributed by atoms with van der Waals surface area (Å²) in [6, 6.07) is 18.3. The van der Waals surface area contributed by atoms with E-state index < -0.39 is 25.4 Å². The number of amides is 2. The summed E-state index contributed by atoms with van der Waals surface area (Å²) in [4.78, 5) is 56.6. The molecule has 2 heterocycles. The lowest BCUT2D eigenvalue weighted by Gasteiger charge is -2.39. The maximum Gasteiger partial charge on any atom is 0.410 e. The molecular weight excluding hydrogens is 900 g/mol. The quantitative estimate of drug-likeness (QED) is 0.0590. The van der Waals surface area contributed by atoms with Crippen LogP contribution in [0.2, 0.25) is 23.2 Å². The minimum Gasteiger partial charge on any atom is -0.506 e. The number of hydrogen-bond donors (Lipinski definition) is 4. The van der Waals surface area contributed by atoms with E-state index in [1.807, 2.05) is 45.0 Å². The molecule has 0 spiro atoms. The Morgan fingerprint density at radius 2 is 1.69 bits per heavy atom. The van der Waals surface area contributed by atoms with Crippen LogP contribution < -0.4 is 20.9 Å². The van der Waals surface area contributed by atoms with Gasteiger partial charge < -0.3 is 44.3 Å². The van der Waals surface area contributed by atoms with Crippen LogP contribution in [0.5, 0.6) is 11.5 Å². The van der Waals surface area contributed by atoms with E-state index in [4.69, 9.17) is 30.2 Å². The fourth-order valence-corrected chi connectivity index (χ4v) is 10.5. The van der Waals surface area contributed by atoms with E-state index in [1.165, 1.54) is 6.07 Å². The van der Waals surface area contributed by atoms with Crippen molar-refractivity contribution in [1.29, 1.82) is 0 Å². The van der Waals surface area contributed by atoms with E-state index >= 15 is 0 Å². The second-order valence-corrected chi connectivity index (χ2v) is 26.3. The van der Waals surface area contributed by atoms with Gasteiger partial charge in [0.2, 0.25) is 11.5 Å². The maximum absolute atomic E-state index is 14.0. The molecule has 2 fully saturated rings. The molecule has 68 heavy (non-hydrogen) atoms. The van der Waals surface area contributed by atoms with E-state index in [1.54, 1.807) is 36.3 Å². The number of aromatic amines is 1. The van der Waals surface area contributed by atoms with E-state index in [0.29, 0.717) is 73.0 Å². The van der Waals surface area contributed by atoms with Crippen molar-refractivity contribution in [2.24, 2.45) is 5.92 Å². The first-order valence-corrected chi connectivity index (χ1v) is 27.5. The lowest BCUT2D eigenvalue weighted by Crippen LogP contribution is -2.43. The van der Waals surface area contributed by atoms with Crippen molar-refractivity contribution >= 4 is 54.5 Å². The number of aryl methyl sites for hydroxylation is 1. The van der Waals surface area contributed by atoms with Crippen molar-refractivity contribution in [1.82, 2.24) is 15.2 Å². The Kier molecular flexibility index (Phi) is 17.2. The predicted octanol–water partition coefficient (Wildman–Crippen LogP) is 11.1. The number of halogens is 1. The number of aromatic hydroxyl groups is 1. The molecular formula is C53H73ClN4O9Si. The number of nitrogens with one attached hydrogen (secondary N) is 3. The van der Waals surface area contributed by atoms with Gasteiger partial charge >= 0.3 is 12.1 Å². The largest absolute Gasteiger partial charge is 0.506 e. The Bertz CT molecular complexity index is 2460. The molecule has 0 bridgehead atoms. The third-order valence-corrected chi connectivity index (χ3v) is 18.7. The molecule has 4 N–H and O–H groups in total. The fourth-order valence-electron chi connectivity index (χ4n) is 9.04. The first-order chi connectivity index (χ1) is 32.1. The third-order valence-electron chi connectivity index (χ3n) is 13.9. The molecule has 15 heteroatoms. The van der Waals surface area contributed by atoms with Crippen molar-refractivity contribution < 1.29 is 38.1 Å². The van der Waals surface area contributed by atoms with Crippen molar-refractivity contribution in [2.45, 2.75) is 148 Å². The number of phenols is 1. The molecule has 2 amide bonds. The first kappa shape index (κ1) is 52.5. The molecule has 0 radical (unpaired) electrons. The van der Waals surface area contributed by atoms with Crippen LogP contribution in [0.15, 0.2) is 65.5 Å². The van der Waals surface area contributed by atoms with Crippen LogP contribution in [0.3, 0.4) is 0 Å². The Hall–Kier alpha value is -4.89. The summed E-state index contributed by atoms with van der Waals surface area (Å²) in [5, 5.41) is 18.1. The van der Waals surface area contributed by atoms with Gasteiger partial charge in [-0.1, -0.05) is 82.0 Å². The second-order valence-electron chi connectivity index (χ2n) is 21.2. The molecule has 1 aromatic heterocycles. The van der Waals surface area contributed by atoms with Gasteiger partial charge in [-0.15, -0.1) is 0 Å². The van der Waals surface area contributed by atoms with E-state index in [-0.39, 0.29) is 46.7 Å². The standard InChI is InChI=1S/C53H73ClN4O9Si/c1-51(2,3)66-50(63)58-27-23-36(24-28-58)34-65-49(62)53(25-11-10-12-26-53)38-17-13-15-35(29-38)16-14-18-46(60)56-42-31-44(64-7)37(30-41(42)54)32-55-33-45(67-68(8,9)52(4,5)6)39-19-21-43(59)48-40(39)20-22-47(61)57-48/h13,15,17,19-22,29-31,36,45,55,59H,10-12,14,16,18,23-28,32-34H2,1-9H3,(H,56,60)(H,57,61)/t45-/m1/s1.